The minimum atomic E-state index is -3.47. The second-order valence-corrected chi connectivity index (χ2v) is 8.48. The van der Waals surface area contributed by atoms with E-state index in [4.69, 9.17) is 4.74 Å². The van der Waals surface area contributed by atoms with E-state index >= 15 is 0 Å². The average Bonchev–Trinajstić information content (AvgIpc) is 2.70. The van der Waals surface area contributed by atoms with Gasteiger partial charge in [-0.25, -0.2) is 8.42 Å². The van der Waals surface area contributed by atoms with Crippen LogP contribution in [0.1, 0.15) is 12.0 Å². The zero-order valence-corrected chi connectivity index (χ0v) is 16.3. The summed E-state index contributed by atoms with van der Waals surface area (Å²) in [5, 5.41) is 2.71. The summed E-state index contributed by atoms with van der Waals surface area (Å²) in [6.07, 6.45) is -0.112. The van der Waals surface area contributed by atoms with E-state index in [0.717, 1.165) is 11.3 Å². The fourth-order valence-corrected chi connectivity index (χ4v) is 3.81. The van der Waals surface area contributed by atoms with Gasteiger partial charge in [0.2, 0.25) is 5.91 Å². The molecule has 0 aliphatic heterocycles. The second kappa shape index (κ2) is 8.71. The van der Waals surface area contributed by atoms with Gasteiger partial charge < -0.3 is 10.1 Å². The van der Waals surface area contributed by atoms with Gasteiger partial charge in [-0.15, -0.1) is 0 Å². The highest BCUT2D eigenvalue weighted by atomic mass is 32.2. The average molecular weight is 395 g/mol. The predicted molar refractivity (Wildman–Crippen MR) is 109 cm³/mol. The van der Waals surface area contributed by atoms with Crippen LogP contribution in [0.2, 0.25) is 0 Å². The summed E-state index contributed by atoms with van der Waals surface area (Å²) in [4.78, 5) is 12.3. The molecule has 0 saturated heterocycles. The van der Waals surface area contributed by atoms with E-state index < -0.39 is 9.84 Å². The predicted octanol–water partition coefficient (Wildman–Crippen LogP) is 4.59. The Morgan fingerprint density at radius 1 is 0.857 bits per heavy atom. The number of ether oxygens (including phenoxy) is 1. The van der Waals surface area contributed by atoms with Crippen molar-refractivity contribution in [1.82, 2.24) is 0 Å². The van der Waals surface area contributed by atoms with Crippen LogP contribution >= 0.6 is 0 Å². The molecule has 1 N–H and O–H groups in total. The number of hydrogen-bond acceptors (Lipinski definition) is 4. The first kappa shape index (κ1) is 19.6. The van der Waals surface area contributed by atoms with Crippen molar-refractivity contribution in [3.63, 3.8) is 0 Å². The summed E-state index contributed by atoms with van der Waals surface area (Å²) in [5.74, 6) is 0.783. The monoisotopic (exact) mass is 395 g/mol. The van der Waals surface area contributed by atoms with Crippen LogP contribution in [0.4, 0.5) is 5.69 Å². The molecule has 3 aromatic rings. The van der Waals surface area contributed by atoms with Gasteiger partial charge in [0.25, 0.3) is 0 Å². The molecule has 5 nitrogen and oxygen atoms in total. The van der Waals surface area contributed by atoms with Crippen molar-refractivity contribution in [1.29, 1.82) is 0 Å². The van der Waals surface area contributed by atoms with Crippen LogP contribution in [0.3, 0.4) is 0 Å². The molecule has 0 fully saturated rings. The van der Waals surface area contributed by atoms with Crippen molar-refractivity contribution < 1.29 is 17.9 Å². The minimum Gasteiger partial charge on any atom is -0.457 e. The van der Waals surface area contributed by atoms with Crippen LogP contribution in [0.15, 0.2) is 83.8 Å². The molecule has 28 heavy (non-hydrogen) atoms. The van der Waals surface area contributed by atoms with Crippen LogP contribution in [-0.4, -0.2) is 20.1 Å². The molecule has 3 rings (SSSR count). The van der Waals surface area contributed by atoms with Crippen molar-refractivity contribution in [3.8, 4) is 11.5 Å². The fourth-order valence-electron chi connectivity index (χ4n) is 2.54. The highest BCUT2D eigenvalue weighted by molar-refractivity contribution is 7.91. The van der Waals surface area contributed by atoms with Crippen molar-refractivity contribution in [2.75, 3.05) is 11.1 Å². The summed E-state index contributed by atoms with van der Waals surface area (Å²) in [5.41, 5.74) is 1.73. The van der Waals surface area contributed by atoms with Crippen LogP contribution in [-0.2, 0) is 14.6 Å². The number of sulfone groups is 1. The number of benzene rings is 3. The zero-order valence-electron chi connectivity index (χ0n) is 15.5. The molecular weight excluding hydrogens is 374 g/mol. The minimum absolute atomic E-state index is 0.112. The van der Waals surface area contributed by atoms with E-state index in [0.29, 0.717) is 11.4 Å². The normalized spacial score (nSPS) is 11.0. The number of carbonyl (C=O) groups excluding carboxylic acids is 1. The van der Waals surface area contributed by atoms with Gasteiger partial charge in [0.05, 0.1) is 10.6 Å². The summed E-state index contributed by atoms with van der Waals surface area (Å²) in [6, 6.07) is 22.8. The highest BCUT2D eigenvalue weighted by Gasteiger charge is 2.16. The third-order valence-electron chi connectivity index (χ3n) is 4.09. The third kappa shape index (κ3) is 5.44. The molecule has 0 bridgehead atoms. The lowest BCUT2D eigenvalue weighted by Gasteiger charge is -2.09. The van der Waals surface area contributed by atoms with Crippen molar-refractivity contribution in [2.24, 2.45) is 0 Å². The lowest BCUT2D eigenvalue weighted by molar-refractivity contribution is -0.115. The summed E-state index contributed by atoms with van der Waals surface area (Å²) >= 11 is 0. The quantitative estimate of drug-likeness (QED) is 0.635. The first-order valence-corrected chi connectivity index (χ1v) is 10.5. The molecule has 0 aliphatic carbocycles. The number of rotatable bonds is 7. The Labute approximate surface area is 164 Å². The van der Waals surface area contributed by atoms with Crippen LogP contribution < -0.4 is 10.1 Å². The summed E-state index contributed by atoms with van der Waals surface area (Å²) in [6.45, 7) is 2.01. The van der Waals surface area contributed by atoms with Crippen LogP contribution in [0.25, 0.3) is 0 Å². The molecule has 144 valence electrons. The molecule has 0 spiro atoms. The molecule has 0 radical (unpaired) electrons. The Kier molecular flexibility index (Phi) is 6.11. The third-order valence-corrected chi connectivity index (χ3v) is 5.83. The Bertz CT molecular complexity index is 1030. The molecule has 0 atom stereocenters. The molecule has 0 aromatic heterocycles. The van der Waals surface area contributed by atoms with E-state index in [1.165, 1.54) is 12.1 Å². The molecular formula is C22H21NO4S. The number of aryl methyl sites for hydroxylation is 1. The van der Waals surface area contributed by atoms with E-state index in [1.54, 1.807) is 42.5 Å². The van der Waals surface area contributed by atoms with Crippen LogP contribution in [0.5, 0.6) is 11.5 Å². The number of hydrogen-bond donors (Lipinski definition) is 1. The number of anilines is 1. The molecule has 0 unspecified atom stereocenters. The second-order valence-electron chi connectivity index (χ2n) is 6.37. The van der Waals surface area contributed by atoms with Crippen molar-refractivity contribution in [2.45, 2.75) is 18.2 Å². The summed E-state index contributed by atoms with van der Waals surface area (Å²) < 4.78 is 30.2. The van der Waals surface area contributed by atoms with Gasteiger partial charge in [-0.1, -0.05) is 35.9 Å². The molecule has 0 aliphatic rings. The maximum absolute atomic E-state index is 12.2. The van der Waals surface area contributed by atoms with Gasteiger partial charge in [0.1, 0.15) is 11.5 Å². The Morgan fingerprint density at radius 3 is 2.04 bits per heavy atom. The zero-order chi connectivity index (χ0) is 20.0. The number of amides is 1. The Morgan fingerprint density at radius 2 is 1.43 bits per heavy atom. The van der Waals surface area contributed by atoms with Gasteiger partial charge in [-0.2, -0.15) is 0 Å². The number of carbonyl (C=O) groups is 1. The SMILES string of the molecule is Cc1ccc(Oc2ccc(NC(=O)CCS(=O)(=O)c3ccccc3)cc2)cc1. The first-order chi connectivity index (χ1) is 13.4. The van der Waals surface area contributed by atoms with Crippen molar-refractivity contribution in [3.05, 3.63) is 84.4 Å². The smallest absolute Gasteiger partial charge is 0.225 e. The lowest BCUT2D eigenvalue weighted by Crippen LogP contribution is -2.17. The molecule has 6 heteroatoms. The topological polar surface area (TPSA) is 72.5 Å². The number of nitrogens with one attached hydrogen (secondary N) is 1. The van der Waals surface area contributed by atoms with Gasteiger partial charge in [0, 0.05) is 12.1 Å². The van der Waals surface area contributed by atoms with Gasteiger partial charge >= 0.3 is 0 Å². The lowest BCUT2D eigenvalue weighted by atomic mass is 10.2. The van der Waals surface area contributed by atoms with Gasteiger partial charge in [-0.3, -0.25) is 4.79 Å². The largest absolute Gasteiger partial charge is 0.457 e. The maximum atomic E-state index is 12.2. The highest BCUT2D eigenvalue weighted by Crippen LogP contribution is 2.23. The van der Waals surface area contributed by atoms with E-state index in [-0.39, 0.29) is 23.0 Å². The van der Waals surface area contributed by atoms with Crippen LogP contribution in [0, 0.1) is 6.92 Å². The maximum Gasteiger partial charge on any atom is 0.225 e. The Hall–Kier alpha value is -3.12. The van der Waals surface area contributed by atoms with Gasteiger partial charge in [-0.05, 0) is 55.5 Å². The summed E-state index contributed by atoms with van der Waals surface area (Å²) in [7, 11) is -3.47. The van der Waals surface area contributed by atoms with E-state index in [2.05, 4.69) is 5.32 Å². The molecule has 0 heterocycles. The van der Waals surface area contributed by atoms with E-state index in [9.17, 15) is 13.2 Å². The fraction of sp³-hybridized carbons (Fsp3) is 0.136. The van der Waals surface area contributed by atoms with Gasteiger partial charge in [0.15, 0.2) is 9.84 Å². The first-order valence-electron chi connectivity index (χ1n) is 8.85. The Balaban J connectivity index is 1.53. The standard InChI is InChI=1S/C22H21NO4S/c1-17-7-11-19(12-8-17)27-20-13-9-18(10-14-20)23-22(24)15-16-28(25,26)21-5-3-2-4-6-21/h2-14H,15-16H2,1H3,(H,23,24). The van der Waals surface area contributed by atoms with Crippen molar-refractivity contribution >= 4 is 21.4 Å². The molecule has 1 amide bonds. The van der Waals surface area contributed by atoms with E-state index in [1.807, 2.05) is 31.2 Å². The molecule has 3 aromatic carbocycles. The molecule has 0 saturated carbocycles.